The highest BCUT2D eigenvalue weighted by molar-refractivity contribution is 6.17. The summed E-state index contributed by atoms with van der Waals surface area (Å²) in [5.41, 5.74) is 3.42. The third-order valence-electron chi connectivity index (χ3n) is 1.64. The van der Waals surface area contributed by atoms with Crippen LogP contribution in [0.1, 0.15) is 16.8 Å². The first kappa shape index (κ1) is 10.7. The Labute approximate surface area is 78.2 Å². The minimum Gasteiger partial charge on any atom is -0.261 e. The van der Waals surface area contributed by atoms with Gasteiger partial charge < -0.3 is 0 Å². The monoisotopic (exact) mass is 191 g/mol. The van der Waals surface area contributed by atoms with Gasteiger partial charge in [0.05, 0.1) is 0 Å². The lowest BCUT2D eigenvalue weighted by molar-refractivity contribution is 1.10. The molecule has 3 heteroatoms. The maximum atomic E-state index is 5.70. The van der Waals surface area contributed by atoms with E-state index in [9.17, 15) is 0 Å². The fraction of sp³-hybridized carbons (Fsp3) is 0.375. The van der Waals surface area contributed by atoms with Crippen molar-refractivity contribution >= 4 is 24.0 Å². The van der Waals surface area contributed by atoms with Gasteiger partial charge in [-0.05, 0) is 31.0 Å². The molecule has 11 heavy (non-hydrogen) atoms. The Bertz CT molecular complexity index is 215. The molecule has 1 rings (SSSR count). The molecule has 0 spiro atoms. The first-order valence-corrected chi connectivity index (χ1v) is 3.76. The Morgan fingerprint density at radius 3 is 2.45 bits per heavy atom. The first-order valence-electron chi connectivity index (χ1n) is 3.22. The van der Waals surface area contributed by atoms with Crippen LogP contribution < -0.4 is 0 Å². The second-order valence-corrected chi connectivity index (χ2v) is 2.59. The zero-order chi connectivity index (χ0) is 7.56. The number of alkyl halides is 1. The summed E-state index contributed by atoms with van der Waals surface area (Å²) < 4.78 is 0. The van der Waals surface area contributed by atoms with E-state index < -0.39 is 0 Å². The number of aryl methyl sites for hydroxylation is 2. The molecule has 0 aliphatic carbocycles. The number of nitrogens with zero attached hydrogens (tertiary/aromatic N) is 1. The summed E-state index contributed by atoms with van der Waals surface area (Å²) >= 11 is 5.70. The molecular weight excluding hydrogens is 181 g/mol. The lowest BCUT2D eigenvalue weighted by Gasteiger charge is -2.02. The molecular formula is C8H11Cl2N. The Kier molecular flexibility index (Phi) is 4.46. The van der Waals surface area contributed by atoms with Crippen LogP contribution in [-0.4, -0.2) is 4.98 Å². The van der Waals surface area contributed by atoms with Crippen molar-refractivity contribution in [2.75, 3.05) is 0 Å². The second-order valence-electron chi connectivity index (χ2n) is 2.33. The van der Waals surface area contributed by atoms with E-state index in [4.69, 9.17) is 11.6 Å². The standard InChI is InChI=1S/C8H10ClN.ClH/c1-6-3-4-10-7(2)8(6)5-9;/h3-4H,5H2,1-2H3;1H. The highest BCUT2D eigenvalue weighted by atomic mass is 35.5. The molecule has 0 bridgehead atoms. The molecule has 0 radical (unpaired) electrons. The van der Waals surface area contributed by atoms with Crippen LogP contribution in [-0.2, 0) is 5.88 Å². The van der Waals surface area contributed by atoms with E-state index in [1.807, 2.05) is 19.9 Å². The van der Waals surface area contributed by atoms with Gasteiger partial charge in [0.15, 0.2) is 0 Å². The summed E-state index contributed by atoms with van der Waals surface area (Å²) in [5, 5.41) is 0. The van der Waals surface area contributed by atoms with Gasteiger partial charge in [-0.2, -0.15) is 0 Å². The normalized spacial score (nSPS) is 9.00. The van der Waals surface area contributed by atoms with Gasteiger partial charge in [0.25, 0.3) is 0 Å². The lowest BCUT2D eigenvalue weighted by atomic mass is 10.1. The number of hydrogen-bond donors (Lipinski definition) is 0. The average molecular weight is 192 g/mol. The van der Waals surface area contributed by atoms with E-state index in [-0.39, 0.29) is 12.4 Å². The van der Waals surface area contributed by atoms with Crippen molar-refractivity contribution in [1.29, 1.82) is 0 Å². The molecule has 0 unspecified atom stereocenters. The third-order valence-corrected chi connectivity index (χ3v) is 1.91. The molecule has 1 heterocycles. The molecule has 1 aromatic rings. The summed E-state index contributed by atoms with van der Waals surface area (Å²) in [6.45, 7) is 4.02. The molecule has 62 valence electrons. The molecule has 1 nitrogen and oxygen atoms in total. The largest absolute Gasteiger partial charge is 0.261 e. The van der Waals surface area contributed by atoms with Gasteiger partial charge in [0, 0.05) is 17.8 Å². The smallest absolute Gasteiger partial charge is 0.0494 e. The molecule has 1 aromatic heterocycles. The van der Waals surface area contributed by atoms with E-state index in [2.05, 4.69) is 4.98 Å². The average Bonchev–Trinajstić information content (AvgIpc) is 1.88. The van der Waals surface area contributed by atoms with Crippen LogP contribution in [0.5, 0.6) is 0 Å². The van der Waals surface area contributed by atoms with Gasteiger partial charge in [-0.15, -0.1) is 24.0 Å². The quantitative estimate of drug-likeness (QED) is 0.623. The van der Waals surface area contributed by atoms with Gasteiger partial charge in [0.2, 0.25) is 0 Å². The van der Waals surface area contributed by atoms with Crippen LogP contribution in [0.25, 0.3) is 0 Å². The molecule has 0 aromatic carbocycles. The number of pyridine rings is 1. The maximum absolute atomic E-state index is 5.70. The van der Waals surface area contributed by atoms with E-state index in [0.717, 1.165) is 11.3 Å². The summed E-state index contributed by atoms with van der Waals surface area (Å²) in [6, 6.07) is 1.98. The molecule has 0 atom stereocenters. The predicted octanol–water partition coefficient (Wildman–Crippen LogP) is 2.86. The Balaban J connectivity index is 0.000001000. The first-order chi connectivity index (χ1) is 4.75. The van der Waals surface area contributed by atoms with E-state index in [1.54, 1.807) is 6.20 Å². The molecule has 0 saturated carbocycles. The third kappa shape index (κ3) is 2.35. The zero-order valence-electron chi connectivity index (χ0n) is 6.60. The van der Waals surface area contributed by atoms with Crippen molar-refractivity contribution in [2.24, 2.45) is 0 Å². The summed E-state index contributed by atoms with van der Waals surface area (Å²) in [6.07, 6.45) is 1.81. The molecule has 0 aliphatic rings. The van der Waals surface area contributed by atoms with Gasteiger partial charge >= 0.3 is 0 Å². The van der Waals surface area contributed by atoms with Crippen molar-refractivity contribution in [3.63, 3.8) is 0 Å². The van der Waals surface area contributed by atoms with Crippen molar-refractivity contribution < 1.29 is 0 Å². The summed E-state index contributed by atoms with van der Waals surface area (Å²) in [4.78, 5) is 4.13. The van der Waals surface area contributed by atoms with E-state index in [1.165, 1.54) is 5.56 Å². The highest BCUT2D eigenvalue weighted by Gasteiger charge is 1.99. The highest BCUT2D eigenvalue weighted by Crippen LogP contribution is 2.12. The van der Waals surface area contributed by atoms with Gasteiger partial charge in [-0.1, -0.05) is 0 Å². The van der Waals surface area contributed by atoms with Crippen LogP contribution >= 0.6 is 24.0 Å². The number of hydrogen-bond acceptors (Lipinski definition) is 1. The summed E-state index contributed by atoms with van der Waals surface area (Å²) in [5.74, 6) is 0.561. The van der Waals surface area contributed by atoms with Crippen molar-refractivity contribution in [3.05, 3.63) is 29.1 Å². The Morgan fingerprint density at radius 1 is 1.45 bits per heavy atom. The van der Waals surface area contributed by atoms with Crippen molar-refractivity contribution in [3.8, 4) is 0 Å². The topological polar surface area (TPSA) is 12.9 Å². The second kappa shape index (κ2) is 4.58. The fourth-order valence-corrected chi connectivity index (χ4v) is 1.33. The Hall–Kier alpha value is -0.270. The molecule has 0 saturated heterocycles. The number of halogens is 2. The molecule has 0 N–H and O–H groups in total. The van der Waals surface area contributed by atoms with Crippen LogP contribution in [0.4, 0.5) is 0 Å². The minimum absolute atomic E-state index is 0. The van der Waals surface area contributed by atoms with Crippen LogP contribution in [0.15, 0.2) is 12.3 Å². The van der Waals surface area contributed by atoms with E-state index in [0.29, 0.717) is 5.88 Å². The zero-order valence-corrected chi connectivity index (χ0v) is 8.17. The van der Waals surface area contributed by atoms with Crippen LogP contribution in [0.3, 0.4) is 0 Å². The molecule has 0 aliphatic heterocycles. The van der Waals surface area contributed by atoms with E-state index >= 15 is 0 Å². The minimum atomic E-state index is 0. The van der Waals surface area contributed by atoms with Crippen molar-refractivity contribution in [2.45, 2.75) is 19.7 Å². The molecule has 0 amide bonds. The SMILES string of the molecule is Cc1ccnc(C)c1CCl.Cl. The molecule has 0 fully saturated rings. The van der Waals surface area contributed by atoms with Crippen LogP contribution in [0, 0.1) is 13.8 Å². The van der Waals surface area contributed by atoms with Gasteiger partial charge in [-0.3, -0.25) is 4.98 Å². The number of aromatic nitrogens is 1. The fourth-order valence-electron chi connectivity index (χ4n) is 0.927. The number of rotatable bonds is 1. The van der Waals surface area contributed by atoms with Crippen molar-refractivity contribution in [1.82, 2.24) is 4.98 Å². The van der Waals surface area contributed by atoms with Crippen LogP contribution in [0.2, 0.25) is 0 Å². The predicted molar refractivity (Wildman–Crippen MR) is 50.5 cm³/mol. The summed E-state index contributed by atoms with van der Waals surface area (Å²) in [7, 11) is 0. The van der Waals surface area contributed by atoms with Gasteiger partial charge in [-0.25, -0.2) is 0 Å². The van der Waals surface area contributed by atoms with Gasteiger partial charge in [0.1, 0.15) is 0 Å². The maximum Gasteiger partial charge on any atom is 0.0494 e. The Morgan fingerprint density at radius 2 is 2.09 bits per heavy atom. The lowest BCUT2D eigenvalue weighted by Crippen LogP contribution is -1.91.